The van der Waals surface area contributed by atoms with E-state index in [0.717, 1.165) is 0 Å². The molecule has 0 spiro atoms. The van der Waals surface area contributed by atoms with Crippen LogP contribution in [-0.4, -0.2) is 10.2 Å². The predicted molar refractivity (Wildman–Crippen MR) is 32.7 cm³/mol. The van der Waals surface area contributed by atoms with Crippen LogP contribution in [0, 0.1) is 6.92 Å². The minimum atomic E-state index is -4.39. The lowest BCUT2D eigenvalue weighted by Gasteiger charge is -2.02. The molecule has 3 nitrogen and oxygen atoms in total. The quantitative estimate of drug-likeness (QED) is 0.609. The SMILES string of the molecule is Cc1c(N)n[nH]c1C(F)(F)F. The fraction of sp³-hybridized carbons (Fsp3) is 0.400. The van der Waals surface area contributed by atoms with Gasteiger partial charge in [-0.05, 0) is 6.92 Å². The molecule has 0 aliphatic rings. The highest BCUT2D eigenvalue weighted by Gasteiger charge is 2.35. The summed E-state index contributed by atoms with van der Waals surface area (Å²) in [7, 11) is 0. The molecule has 1 heterocycles. The molecule has 0 fully saturated rings. The van der Waals surface area contributed by atoms with E-state index in [-0.39, 0.29) is 11.4 Å². The van der Waals surface area contributed by atoms with Crippen LogP contribution in [0.25, 0.3) is 0 Å². The first kappa shape index (κ1) is 7.90. The minimum absolute atomic E-state index is 0.0579. The van der Waals surface area contributed by atoms with Crippen LogP contribution < -0.4 is 5.73 Å². The Hall–Kier alpha value is -1.20. The molecule has 0 aliphatic carbocycles. The highest BCUT2D eigenvalue weighted by atomic mass is 19.4. The number of hydrogen-bond donors (Lipinski definition) is 2. The second-order valence-electron chi connectivity index (χ2n) is 2.11. The van der Waals surface area contributed by atoms with Gasteiger partial charge in [-0.15, -0.1) is 0 Å². The molecule has 0 atom stereocenters. The van der Waals surface area contributed by atoms with Crippen LogP contribution in [0.1, 0.15) is 11.3 Å². The minimum Gasteiger partial charge on any atom is -0.382 e. The Morgan fingerprint density at radius 2 is 2.00 bits per heavy atom. The van der Waals surface area contributed by atoms with E-state index in [9.17, 15) is 13.2 Å². The molecule has 1 aromatic rings. The van der Waals surface area contributed by atoms with Gasteiger partial charge < -0.3 is 5.73 Å². The number of anilines is 1. The zero-order valence-corrected chi connectivity index (χ0v) is 5.66. The Morgan fingerprint density at radius 3 is 2.18 bits per heavy atom. The summed E-state index contributed by atoms with van der Waals surface area (Å²) < 4.78 is 35.8. The molecule has 6 heteroatoms. The molecular formula is C5H6F3N3. The third kappa shape index (κ3) is 1.28. The van der Waals surface area contributed by atoms with E-state index in [2.05, 4.69) is 5.10 Å². The number of halogens is 3. The molecule has 0 amide bonds. The van der Waals surface area contributed by atoms with E-state index in [1.165, 1.54) is 6.92 Å². The van der Waals surface area contributed by atoms with Gasteiger partial charge in [-0.1, -0.05) is 0 Å². The Morgan fingerprint density at radius 1 is 1.45 bits per heavy atom. The molecule has 1 rings (SSSR count). The van der Waals surface area contributed by atoms with Crippen LogP contribution in [0.4, 0.5) is 19.0 Å². The summed E-state index contributed by atoms with van der Waals surface area (Å²) in [5.41, 5.74) is 4.16. The standard InChI is InChI=1S/C5H6F3N3/c1-2-3(5(6,7)8)10-11-4(2)9/h1H3,(H3,9,10,11). The average molecular weight is 165 g/mol. The van der Waals surface area contributed by atoms with E-state index in [1.807, 2.05) is 5.10 Å². The lowest BCUT2D eigenvalue weighted by molar-refractivity contribution is -0.141. The predicted octanol–water partition coefficient (Wildman–Crippen LogP) is 1.32. The van der Waals surface area contributed by atoms with E-state index in [4.69, 9.17) is 5.73 Å². The highest BCUT2D eigenvalue weighted by Crippen LogP contribution is 2.31. The van der Waals surface area contributed by atoms with Gasteiger partial charge in [0.25, 0.3) is 0 Å². The molecule has 0 radical (unpaired) electrons. The van der Waals surface area contributed by atoms with Crippen molar-refractivity contribution in [3.05, 3.63) is 11.3 Å². The van der Waals surface area contributed by atoms with Gasteiger partial charge >= 0.3 is 6.18 Å². The number of hydrogen-bond acceptors (Lipinski definition) is 2. The van der Waals surface area contributed by atoms with Crippen molar-refractivity contribution in [2.45, 2.75) is 13.1 Å². The molecule has 11 heavy (non-hydrogen) atoms. The maximum absolute atomic E-state index is 11.9. The first-order chi connectivity index (χ1) is 4.93. The van der Waals surface area contributed by atoms with Gasteiger partial charge in [0.15, 0.2) is 0 Å². The first-order valence-electron chi connectivity index (χ1n) is 2.80. The molecule has 1 aromatic heterocycles. The molecular weight excluding hydrogens is 159 g/mol. The zero-order valence-electron chi connectivity index (χ0n) is 5.66. The molecule has 0 aromatic carbocycles. The third-order valence-corrected chi connectivity index (χ3v) is 1.33. The summed E-state index contributed by atoms with van der Waals surface area (Å²) in [6, 6.07) is 0. The smallest absolute Gasteiger partial charge is 0.382 e. The van der Waals surface area contributed by atoms with Crippen molar-refractivity contribution in [1.29, 1.82) is 0 Å². The van der Waals surface area contributed by atoms with Crippen molar-refractivity contribution in [3.63, 3.8) is 0 Å². The van der Waals surface area contributed by atoms with Crippen molar-refractivity contribution in [2.24, 2.45) is 0 Å². The maximum atomic E-state index is 11.9. The summed E-state index contributed by atoms with van der Waals surface area (Å²) in [4.78, 5) is 0. The molecule has 0 aliphatic heterocycles. The van der Waals surface area contributed by atoms with Crippen molar-refractivity contribution in [1.82, 2.24) is 10.2 Å². The van der Waals surface area contributed by atoms with Gasteiger partial charge in [-0.25, -0.2) is 0 Å². The van der Waals surface area contributed by atoms with Gasteiger partial charge in [0, 0.05) is 5.56 Å². The van der Waals surface area contributed by atoms with E-state index < -0.39 is 11.9 Å². The van der Waals surface area contributed by atoms with E-state index >= 15 is 0 Å². The number of nitrogens with one attached hydrogen (secondary N) is 1. The lowest BCUT2D eigenvalue weighted by Crippen LogP contribution is -2.07. The Bertz CT molecular complexity index is 262. The maximum Gasteiger partial charge on any atom is 0.433 e. The Kier molecular flexibility index (Phi) is 1.54. The number of nitrogens with two attached hydrogens (primary N) is 1. The van der Waals surface area contributed by atoms with Crippen molar-refractivity contribution >= 4 is 5.82 Å². The third-order valence-electron chi connectivity index (χ3n) is 1.33. The molecule has 0 saturated heterocycles. The molecule has 0 unspecified atom stereocenters. The normalized spacial score (nSPS) is 12.0. The first-order valence-corrected chi connectivity index (χ1v) is 2.80. The zero-order chi connectivity index (χ0) is 8.65. The van der Waals surface area contributed by atoms with Crippen LogP contribution >= 0.6 is 0 Å². The van der Waals surface area contributed by atoms with E-state index in [1.54, 1.807) is 0 Å². The van der Waals surface area contributed by atoms with Crippen molar-refractivity contribution in [2.75, 3.05) is 5.73 Å². The highest BCUT2D eigenvalue weighted by molar-refractivity contribution is 5.41. The van der Waals surface area contributed by atoms with Crippen LogP contribution in [0.15, 0.2) is 0 Å². The molecule has 3 N–H and O–H groups in total. The van der Waals surface area contributed by atoms with Crippen molar-refractivity contribution < 1.29 is 13.2 Å². The summed E-state index contributed by atoms with van der Waals surface area (Å²) in [6.07, 6.45) is -4.39. The number of nitrogen functional groups attached to an aromatic ring is 1. The summed E-state index contributed by atoms with van der Waals surface area (Å²) >= 11 is 0. The van der Waals surface area contributed by atoms with E-state index in [0.29, 0.717) is 0 Å². The average Bonchev–Trinajstić information content (AvgIpc) is 2.11. The van der Waals surface area contributed by atoms with Crippen LogP contribution in [0.2, 0.25) is 0 Å². The molecule has 0 bridgehead atoms. The Labute approximate surface area is 60.4 Å². The summed E-state index contributed by atoms with van der Waals surface area (Å²) in [5, 5.41) is 5.03. The number of H-pyrrole nitrogens is 1. The number of rotatable bonds is 0. The fourth-order valence-electron chi connectivity index (χ4n) is 0.688. The second-order valence-corrected chi connectivity index (χ2v) is 2.11. The number of aromatic nitrogens is 2. The Balaban J connectivity index is 3.15. The summed E-state index contributed by atoms with van der Waals surface area (Å²) in [6.45, 7) is 1.27. The van der Waals surface area contributed by atoms with Crippen LogP contribution in [0.3, 0.4) is 0 Å². The second kappa shape index (κ2) is 2.14. The topological polar surface area (TPSA) is 54.7 Å². The monoisotopic (exact) mass is 165 g/mol. The number of nitrogens with zero attached hydrogens (tertiary/aromatic N) is 1. The summed E-state index contributed by atoms with van der Waals surface area (Å²) in [5.74, 6) is -0.114. The largest absolute Gasteiger partial charge is 0.433 e. The van der Waals surface area contributed by atoms with Gasteiger partial charge in [-0.2, -0.15) is 18.3 Å². The number of aromatic amines is 1. The number of alkyl halides is 3. The van der Waals surface area contributed by atoms with Crippen LogP contribution in [0.5, 0.6) is 0 Å². The van der Waals surface area contributed by atoms with Gasteiger partial charge in [-0.3, -0.25) is 5.10 Å². The molecule has 0 saturated carbocycles. The van der Waals surface area contributed by atoms with Gasteiger partial charge in [0.1, 0.15) is 11.5 Å². The molecule has 62 valence electrons. The van der Waals surface area contributed by atoms with Gasteiger partial charge in [0.2, 0.25) is 0 Å². The van der Waals surface area contributed by atoms with Gasteiger partial charge in [0.05, 0.1) is 0 Å². The van der Waals surface area contributed by atoms with Crippen molar-refractivity contribution in [3.8, 4) is 0 Å². The lowest BCUT2D eigenvalue weighted by atomic mass is 10.2. The fourth-order valence-corrected chi connectivity index (χ4v) is 0.688. The van der Waals surface area contributed by atoms with Crippen LogP contribution in [-0.2, 0) is 6.18 Å².